The van der Waals surface area contributed by atoms with Gasteiger partial charge in [0.2, 0.25) is 0 Å². The van der Waals surface area contributed by atoms with Gasteiger partial charge in [0.25, 0.3) is 0 Å². The third-order valence-electron chi connectivity index (χ3n) is 1.50. The number of pyridine rings is 1. The smallest absolute Gasteiger partial charge is 0.307 e. The maximum atomic E-state index is 10.4. The first-order chi connectivity index (χ1) is 5.59. The van der Waals surface area contributed by atoms with Crippen LogP contribution in [0.1, 0.15) is 11.3 Å². The molecule has 0 spiro atoms. The Balaban J connectivity index is 2.93. The van der Waals surface area contributed by atoms with E-state index in [1.807, 2.05) is 0 Å². The summed E-state index contributed by atoms with van der Waals surface area (Å²) in [5, 5.41) is 8.52. The topological polar surface area (TPSA) is 50.2 Å². The summed E-state index contributed by atoms with van der Waals surface area (Å²) < 4.78 is 0.731. The van der Waals surface area contributed by atoms with Gasteiger partial charge in [-0.1, -0.05) is 6.07 Å². The van der Waals surface area contributed by atoms with Crippen LogP contribution < -0.4 is 0 Å². The van der Waals surface area contributed by atoms with Gasteiger partial charge in [0.15, 0.2) is 0 Å². The molecule has 1 heterocycles. The highest BCUT2D eigenvalue weighted by Crippen LogP contribution is 2.11. The number of aryl methyl sites for hydroxylation is 1. The van der Waals surface area contributed by atoms with Crippen molar-refractivity contribution in [1.82, 2.24) is 4.98 Å². The Morgan fingerprint density at radius 2 is 2.33 bits per heavy atom. The number of rotatable bonds is 2. The molecule has 64 valence electrons. The highest BCUT2D eigenvalue weighted by atomic mass is 79.9. The minimum Gasteiger partial charge on any atom is -0.481 e. The second-order valence-corrected chi connectivity index (χ2v) is 3.26. The van der Waals surface area contributed by atoms with Crippen molar-refractivity contribution in [3.05, 3.63) is 28.0 Å². The molecule has 0 radical (unpaired) electrons. The molecular formula is C8H8BrNO2. The molecule has 0 bridgehead atoms. The molecule has 1 rings (SSSR count). The molecule has 0 aliphatic carbocycles. The maximum Gasteiger partial charge on any atom is 0.307 e. The largest absolute Gasteiger partial charge is 0.481 e. The predicted molar refractivity (Wildman–Crippen MR) is 48.0 cm³/mol. The van der Waals surface area contributed by atoms with Gasteiger partial charge in [0.1, 0.15) is 4.60 Å². The van der Waals surface area contributed by atoms with Crippen LogP contribution >= 0.6 is 15.9 Å². The summed E-state index contributed by atoms with van der Waals surface area (Å²) in [6, 6.07) is 3.51. The molecule has 3 nitrogen and oxygen atoms in total. The molecule has 1 aromatic heterocycles. The van der Waals surface area contributed by atoms with Gasteiger partial charge in [-0.3, -0.25) is 4.79 Å². The number of nitrogens with zero attached hydrogens (tertiary/aromatic N) is 1. The van der Waals surface area contributed by atoms with Gasteiger partial charge in [-0.05, 0) is 34.5 Å². The molecule has 0 unspecified atom stereocenters. The number of carboxylic acids is 1. The quantitative estimate of drug-likeness (QED) is 0.787. The number of hydrogen-bond acceptors (Lipinski definition) is 2. The normalized spacial score (nSPS) is 9.83. The van der Waals surface area contributed by atoms with Gasteiger partial charge in [-0.25, -0.2) is 4.98 Å². The van der Waals surface area contributed by atoms with E-state index in [1.165, 1.54) is 0 Å². The Bertz CT molecular complexity index is 312. The fraction of sp³-hybridized carbons (Fsp3) is 0.250. The van der Waals surface area contributed by atoms with Crippen LogP contribution in [0.3, 0.4) is 0 Å². The van der Waals surface area contributed by atoms with Crippen molar-refractivity contribution in [3.8, 4) is 0 Å². The van der Waals surface area contributed by atoms with Gasteiger partial charge in [-0.15, -0.1) is 0 Å². The van der Waals surface area contributed by atoms with Crippen LogP contribution in [0.5, 0.6) is 0 Å². The van der Waals surface area contributed by atoms with Crippen LogP contribution in [0.25, 0.3) is 0 Å². The highest BCUT2D eigenvalue weighted by molar-refractivity contribution is 9.10. The SMILES string of the molecule is Cc1nc(Br)ccc1CC(=O)O. The third kappa shape index (κ3) is 2.30. The molecule has 4 heteroatoms. The fourth-order valence-electron chi connectivity index (χ4n) is 0.909. The van der Waals surface area contributed by atoms with E-state index in [0.29, 0.717) is 0 Å². The van der Waals surface area contributed by atoms with Crippen LogP contribution in [0.15, 0.2) is 16.7 Å². The van der Waals surface area contributed by atoms with Crippen LogP contribution in [0.2, 0.25) is 0 Å². The molecule has 0 aromatic carbocycles. The number of aromatic nitrogens is 1. The van der Waals surface area contributed by atoms with Crippen LogP contribution in [0.4, 0.5) is 0 Å². The number of hydrogen-bond donors (Lipinski definition) is 1. The van der Waals surface area contributed by atoms with Crippen molar-refractivity contribution in [3.63, 3.8) is 0 Å². The van der Waals surface area contributed by atoms with E-state index in [-0.39, 0.29) is 6.42 Å². The van der Waals surface area contributed by atoms with E-state index >= 15 is 0 Å². The van der Waals surface area contributed by atoms with Crippen molar-refractivity contribution in [1.29, 1.82) is 0 Å². The third-order valence-corrected chi connectivity index (χ3v) is 1.94. The Morgan fingerprint density at radius 1 is 1.67 bits per heavy atom. The molecule has 0 aliphatic rings. The first-order valence-electron chi connectivity index (χ1n) is 3.43. The van der Waals surface area contributed by atoms with Crippen molar-refractivity contribution < 1.29 is 9.90 Å². The average molecular weight is 230 g/mol. The summed E-state index contributed by atoms with van der Waals surface area (Å²) in [6.07, 6.45) is 0.0338. The van der Waals surface area contributed by atoms with E-state index in [9.17, 15) is 4.79 Å². The summed E-state index contributed by atoms with van der Waals surface area (Å²) in [4.78, 5) is 14.4. The Hall–Kier alpha value is -0.900. The molecule has 0 atom stereocenters. The standard InChI is InChI=1S/C8H8BrNO2/c1-5-6(4-8(11)12)2-3-7(9)10-5/h2-3H,4H2,1H3,(H,11,12). The van der Waals surface area contributed by atoms with E-state index < -0.39 is 5.97 Å². The van der Waals surface area contributed by atoms with Crippen molar-refractivity contribution in [2.24, 2.45) is 0 Å². The molecule has 0 saturated heterocycles. The zero-order valence-electron chi connectivity index (χ0n) is 6.54. The summed E-state index contributed by atoms with van der Waals surface area (Å²) in [5.41, 5.74) is 1.51. The van der Waals surface area contributed by atoms with Crippen LogP contribution in [-0.4, -0.2) is 16.1 Å². The molecule has 1 aromatic rings. The number of carboxylic acid groups (broad SMARTS) is 1. The zero-order valence-corrected chi connectivity index (χ0v) is 8.13. The van der Waals surface area contributed by atoms with Crippen molar-refractivity contribution >= 4 is 21.9 Å². The lowest BCUT2D eigenvalue weighted by atomic mass is 10.1. The molecule has 0 fully saturated rings. The van der Waals surface area contributed by atoms with E-state index in [4.69, 9.17) is 5.11 Å². The molecule has 1 N–H and O–H groups in total. The van der Waals surface area contributed by atoms with Gasteiger partial charge in [0.05, 0.1) is 6.42 Å². The van der Waals surface area contributed by atoms with Crippen molar-refractivity contribution in [2.75, 3.05) is 0 Å². The number of carbonyl (C=O) groups is 1. The second-order valence-electron chi connectivity index (χ2n) is 2.45. The lowest BCUT2D eigenvalue weighted by Crippen LogP contribution is -2.02. The number of halogens is 1. The average Bonchev–Trinajstić information content (AvgIpc) is 1.94. The summed E-state index contributed by atoms with van der Waals surface area (Å²) in [6.45, 7) is 1.79. The number of aliphatic carboxylic acids is 1. The van der Waals surface area contributed by atoms with Crippen LogP contribution in [0, 0.1) is 6.92 Å². The van der Waals surface area contributed by atoms with Gasteiger partial charge >= 0.3 is 5.97 Å². The predicted octanol–water partition coefficient (Wildman–Crippen LogP) is 1.78. The first-order valence-corrected chi connectivity index (χ1v) is 4.22. The molecular weight excluding hydrogens is 222 g/mol. The van der Waals surface area contributed by atoms with Gasteiger partial charge < -0.3 is 5.11 Å². The Kier molecular flexibility index (Phi) is 2.81. The summed E-state index contributed by atoms with van der Waals surface area (Å²) in [7, 11) is 0. The van der Waals surface area contributed by atoms with E-state index in [1.54, 1.807) is 19.1 Å². The van der Waals surface area contributed by atoms with Crippen LogP contribution in [-0.2, 0) is 11.2 Å². The second kappa shape index (κ2) is 3.67. The minimum absolute atomic E-state index is 0.0338. The first kappa shape index (κ1) is 9.19. The maximum absolute atomic E-state index is 10.4. The zero-order chi connectivity index (χ0) is 9.14. The Labute approximate surface area is 78.6 Å². The lowest BCUT2D eigenvalue weighted by Gasteiger charge is -2.01. The molecule has 12 heavy (non-hydrogen) atoms. The van der Waals surface area contributed by atoms with Crippen molar-refractivity contribution in [2.45, 2.75) is 13.3 Å². The van der Waals surface area contributed by atoms with E-state index in [0.717, 1.165) is 15.9 Å². The highest BCUT2D eigenvalue weighted by Gasteiger charge is 2.04. The van der Waals surface area contributed by atoms with Gasteiger partial charge in [-0.2, -0.15) is 0 Å². The van der Waals surface area contributed by atoms with E-state index in [2.05, 4.69) is 20.9 Å². The molecule has 0 aliphatic heterocycles. The summed E-state index contributed by atoms with van der Waals surface area (Å²) >= 11 is 3.20. The monoisotopic (exact) mass is 229 g/mol. The molecule has 0 amide bonds. The molecule has 0 saturated carbocycles. The van der Waals surface area contributed by atoms with Gasteiger partial charge in [0, 0.05) is 5.69 Å². The Morgan fingerprint density at radius 3 is 2.83 bits per heavy atom. The minimum atomic E-state index is -0.831. The fourth-order valence-corrected chi connectivity index (χ4v) is 1.31. The lowest BCUT2D eigenvalue weighted by molar-refractivity contribution is -0.136. The summed E-state index contributed by atoms with van der Waals surface area (Å²) in [5.74, 6) is -0.831.